The summed E-state index contributed by atoms with van der Waals surface area (Å²) in [4.78, 5) is 4.02. The van der Waals surface area contributed by atoms with E-state index in [-0.39, 0.29) is 0 Å². The Morgan fingerprint density at radius 3 is 3.30 bits per heavy atom. The van der Waals surface area contributed by atoms with Gasteiger partial charge in [0.25, 0.3) is 0 Å². The zero-order chi connectivity index (χ0) is 6.97. The van der Waals surface area contributed by atoms with Crippen LogP contribution in [0.5, 0.6) is 0 Å². The van der Waals surface area contributed by atoms with Gasteiger partial charge in [-0.1, -0.05) is 0 Å². The van der Waals surface area contributed by atoms with E-state index in [1.807, 2.05) is 13.0 Å². The topological polar surface area (TPSA) is 41.6 Å². The second-order valence-electron chi connectivity index (χ2n) is 2.15. The van der Waals surface area contributed by atoms with Crippen LogP contribution in [0.15, 0.2) is 12.1 Å². The molecule has 0 unspecified atom stereocenters. The van der Waals surface area contributed by atoms with Crippen molar-refractivity contribution in [2.75, 3.05) is 0 Å². The average Bonchev–Trinajstić information content (AvgIpc) is 2.34. The van der Waals surface area contributed by atoms with Crippen molar-refractivity contribution in [2.45, 2.75) is 6.92 Å². The summed E-state index contributed by atoms with van der Waals surface area (Å²) in [5.74, 6) is 0. The van der Waals surface area contributed by atoms with Crippen LogP contribution in [0, 0.1) is 13.1 Å². The molecule has 0 aliphatic carbocycles. The van der Waals surface area contributed by atoms with Gasteiger partial charge in [0, 0.05) is 0 Å². The van der Waals surface area contributed by atoms with Crippen molar-refractivity contribution in [3.63, 3.8) is 0 Å². The van der Waals surface area contributed by atoms with Gasteiger partial charge in [0.1, 0.15) is 5.52 Å². The molecule has 49 valence electrons. The summed E-state index contributed by atoms with van der Waals surface area (Å²) in [7, 11) is 0. The van der Waals surface area contributed by atoms with Crippen LogP contribution in [-0.4, -0.2) is 15.2 Å². The van der Waals surface area contributed by atoms with Crippen molar-refractivity contribution in [2.24, 2.45) is 0 Å². The summed E-state index contributed by atoms with van der Waals surface area (Å²) in [6.07, 6.45) is 2.75. The third-order valence-electron chi connectivity index (χ3n) is 1.44. The zero-order valence-electron chi connectivity index (χ0n) is 5.55. The molecule has 0 aromatic carbocycles. The summed E-state index contributed by atoms with van der Waals surface area (Å²) in [5.41, 5.74) is 2.80. The number of hydrogen-bond donors (Lipinski definition) is 1. The minimum Gasteiger partial charge on any atom is -0.276 e. The van der Waals surface area contributed by atoms with Crippen LogP contribution in [0.1, 0.15) is 5.69 Å². The second kappa shape index (κ2) is 1.80. The van der Waals surface area contributed by atoms with Gasteiger partial charge >= 0.3 is 0 Å². The Balaban J connectivity index is 2.93. The first kappa shape index (κ1) is 5.41. The Hall–Kier alpha value is -1.38. The Kier molecular flexibility index (Phi) is 0.974. The third-order valence-corrected chi connectivity index (χ3v) is 1.44. The van der Waals surface area contributed by atoms with Crippen LogP contribution in [-0.2, 0) is 0 Å². The molecule has 2 rings (SSSR count). The third kappa shape index (κ3) is 0.603. The summed E-state index contributed by atoms with van der Waals surface area (Å²) >= 11 is 0. The number of H-pyrrole nitrogens is 1. The Bertz CT molecular complexity index is 350. The fourth-order valence-corrected chi connectivity index (χ4v) is 0.925. The number of fused-ring (bicyclic) bond motifs is 1. The van der Waals surface area contributed by atoms with Gasteiger partial charge in [0.05, 0.1) is 17.4 Å². The number of aromatic nitrogens is 3. The van der Waals surface area contributed by atoms with E-state index in [1.165, 1.54) is 0 Å². The van der Waals surface area contributed by atoms with Gasteiger partial charge in [0.2, 0.25) is 0 Å². The molecule has 0 atom stereocenters. The van der Waals surface area contributed by atoms with Gasteiger partial charge in [-0.15, -0.1) is 0 Å². The number of pyridine rings is 1. The molecule has 1 radical (unpaired) electrons. The van der Waals surface area contributed by atoms with E-state index < -0.39 is 0 Å². The molecule has 1 N–H and O–H groups in total. The Labute approximate surface area is 58.1 Å². The number of rotatable bonds is 0. The van der Waals surface area contributed by atoms with E-state index in [4.69, 9.17) is 0 Å². The highest BCUT2D eigenvalue weighted by Gasteiger charge is 1.98. The highest BCUT2D eigenvalue weighted by Crippen LogP contribution is 2.09. The molecule has 0 bridgehead atoms. The quantitative estimate of drug-likeness (QED) is 0.582. The van der Waals surface area contributed by atoms with Crippen molar-refractivity contribution in [1.82, 2.24) is 15.2 Å². The van der Waals surface area contributed by atoms with E-state index in [1.54, 1.807) is 6.07 Å². The first-order chi connectivity index (χ1) is 4.88. The SMILES string of the molecule is Cc1n[nH]c2cc[c]nc12. The molecular weight excluding hydrogens is 126 g/mol. The van der Waals surface area contributed by atoms with Gasteiger partial charge < -0.3 is 0 Å². The summed E-state index contributed by atoms with van der Waals surface area (Å²) in [6.45, 7) is 1.92. The monoisotopic (exact) mass is 132 g/mol. The van der Waals surface area contributed by atoms with E-state index in [0.29, 0.717) is 0 Å². The number of nitrogens with zero attached hydrogens (tertiary/aromatic N) is 2. The van der Waals surface area contributed by atoms with Crippen LogP contribution < -0.4 is 0 Å². The van der Waals surface area contributed by atoms with Crippen LogP contribution in [0.4, 0.5) is 0 Å². The molecule has 0 fully saturated rings. The fourth-order valence-electron chi connectivity index (χ4n) is 0.925. The number of aryl methyl sites for hydroxylation is 1. The van der Waals surface area contributed by atoms with Gasteiger partial charge in [0.15, 0.2) is 0 Å². The lowest BCUT2D eigenvalue weighted by molar-refractivity contribution is 1.07. The molecule has 0 saturated carbocycles. The largest absolute Gasteiger partial charge is 0.276 e. The molecule has 10 heavy (non-hydrogen) atoms. The lowest BCUT2D eigenvalue weighted by atomic mass is 10.3. The molecule has 0 saturated heterocycles. The maximum Gasteiger partial charge on any atom is 0.112 e. The lowest BCUT2D eigenvalue weighted by Crippen LogP contribution is -1.74. The van der Waals surface area contributed by atoms with Crippen LogP contribution in [0.25, 0.3) is 11.0 Å². The van der Waals surface area contributed by atoms with E-state index in [0.717, 1.165) is 16.7 Å². The molecule has 3 nitrogen and oxygen atoms in total. The van der Waals surface area contributed by atoms with Crippen molar-refractivity contribution in [3.05, 3.63) is 24.0 Å². The number of aromatic amines is 1. The normalized spacial score (nSPS) is 10.5. The maximum absolute atomic E-state index is 4.02. The Morgan fingerprint density at radius 1 is 1.60 bits per heavy atom. The van der Waals surface area contributed by atoms with Gasteiger partial charge in [-0.25, -0.2) is 4.98 Å². The number of nitrogens with one attached hydrogen (secondary N) is 1. The summed E-state index contributed by atoms with van der Waals surface area (Å²) < 4.78 is 0. The molecule has 0 spiro atoms. The minimum atomic E-state index is 0.905. The molecule has 2 heterocycles. The molecule has 0 aliphatic rings. The molecule has 3 heteroatoms. The molecule has 0 amide bonds. The van der Waals surface area contributed by atoms with Crippen molar-refractivity contribution in [1.29, 1.82) is 0 Å². The van der Waals surface area contributed by atoms with Gasteiger partial charge in [-0.3, -0.25) is 5.10 Å². The molecular formula is C7H6N3. The van der Waals surface area contributed by atoms with Crippen molar-refractivity contribution in [3.8, 4) is 0 Å². The predicted octanol–water partition coefficient (Wildman–Crippen LogP) is 1.07. The first-order valence-corrected chi connectivity index (χ1v) is 3.06. The maximum atomic E-state index is 4.02. The van der Waals surface area contributed by atoms with Crippen molar-refractivity contribution >= 4 is 11.0 Å². The molecule has 0 aliphatic heterocycles. The van der Waals surface area contributed by atoms with Gasteiger partial charge in [-0.05, 0) is 19.1 Å². The van der Waals surface area contributed by atoms with E-state index >= 15 is 0 Å². The predicted molar refractivity (Wildman–Crippen MR) is 37.5 cm³/mol. The average molecular weight is 132 g/mol. The Morgan fingerprint density at radius 2 is 2.50 bits per heavy atom. The van der Waals surface area contributed by atoms with Crippen LogP contribution in [0.2, 0.25) is 0 Å². The highest BCUT2D eigenvalue weighted by atomic mass is 15.1. The smallest absolute Gasteiger partial charge is 0.112 e. The van der Waals surface area contributed by atoms with E-state index in [9.17, 15) is 0 Å². The first-order valence-electron chi connectivity index (χ1n) is 3.06. The van der Waals surface area contributed by atoms with Gasteiger partial charge in [-0.2, -0.15) is 5.10 Å². The highest BCUT2D eigenvalue weighted by molar-refractivity contribution is 5.75. The number of hydrogen-bond acceptors (Lipinski definition) is 2. The summed E-state index contributed by atoms with van der Waals surface area (Å²) in [6, 6.07) is 3.67. The lowest BCUT2D eigenvalue weighted by Gasteiger charge is -1.83. The molecule has 2 aromatic heterocycles. The van der Waals surface area contributed by atoms with Crippen LogP contribution in [0.3, 0.4) is 0 Å². The minimum absolute atomic E-state index is 0.905. The van der Waals surface area contributed by atoms with Crippen LogP contribution >= 0.6 is 0 Å². The van der Waals surface area contributed by atoms with Crippen molar-refractivity contribution < 1.29 is 0 Å². The van der Waals surface area contributed by atoms with E-state index in [2.05, 4.69) is 21.4 Å². The second-order valence-corrected chi connectivity index (χ2v) is 2.15. The summed E-state index contributed by atoms with van der Waals surface area (Å²) in [5, 5.41) is 6.84. The fraction of sp³-hybridized carbons (Fsp3) is 0.143. The standard InChI is InChI=1S/C7H6N3/c1-5-7-6(10-9-5)3-2-4-8-7/h2-3H,1H3,(H,9,10). The molecule has 2 aromatic rings. The zero-order valence-corrected chi connectivity index (χ0v) is 5.55.